The van der Waals surface area contributed by atoms with Crippen LogP contribution in [0.25, 0.3) is 0 Å². The van der Waals surface area contributed by atoms with Crippen LogP contribution < -0.4 is 11.1 Å². The molecule has 0 aliphatic carbocycles. The van der Waals surface area contributed by atoms with Crippen molar-refractivity contribution in [2.45, 2.75) is 37.8 Å². The normalized spacial score (nSPS) is 28.9. The lowest BCUT2D eigenvalue weighted by molar-refractivity contribution is 0.131. The van der Waals surface area contributed by atoms with Gasteiger partial charge in [0.25, 0.3) is 11.1 Å². The van der Waals surface area contributed by atoms with Gasteiger partial charge in [-0.05, 0) is 36.8 Å². The smallest absolute Gasteiger partial charge is 0.250 e. The summed E-state index contributed by atoms with van der Waals surface area (Å²) in [7, 11) is 0. The quantitative estimate of drug-likeness (QED) is 0.679. The number of hydrogen-bond donors (Lipinski definition) is 0. The molecule has 0 radical (unpaired) electrons. The maximum Gasteiger partial charge on any atom is 0.250 e. The molecule has 32 heavy (non-hydrogen) atoms. The van der Waals surface area contributed by atoms with Gasteiger partial charge in [-0.15, -0.1) is 0 Å². The van der Waals surface area contributed by atoms with Crippen molar-refractivity contribution in [2.24, 2.45) is 11.8 Å². The van der Waals surface area contributed by atoms with Crippen LogP contribution in [0.5, 0.6) is 0 Å². The highest BCUT2D eigenvalue weighted by molar-refractivity contribution is 5.19. The molecule has 0 N–H and O–H groups in total. The predicted octanol–water partition coefficient (Wildman–Crippen LogP) is 1.55. The minimum atomic E-state index is 0.143. The third kappa shape index (κ3) is 3.64. The molecule has 6 nitrogen and oxygen atoms in total. The molecule has 0 spiro atoms. The van der Waals surface area contributed by atoms with Crippen molar-refractivity contribution in [3.8, 4) is 11.8 Å². The van der Waals surface area contributed by atoms with E-state index in [1.54, 1.807) is 12.1 Å². The van der Waals surface area contributed by atoms with E-state index in [1.165, 1.54) is 24.2 Å². The van der Waals surface area contributed by atoms with E-state index in [0.29, 0.717) is 23.7 Å². The number of rotatable bonds is 2. The summed E-state index contributed by atoms with van der Waals surface area (Å²) in [6.07, 6.45) is 2.38. The lowest BCUT2D eigenvalue weighted by atomic mass is 9.83. The van der Waals surface area contributed by atoms with Crippen LogP contribution in [0.15, 0.2) is 46.0 Å². The summed E-state index contributed by atoms with van der Waals surface area (Å²) in [4.78, 5) is 29.3. The second kappa shape index (κ2) is 8.06. The van der Waals surface area contributed by atoms with Gasteiger partial charge in [-0.3, -0.25) is 19.4 Å². The molecule has 4 bridgehead atoms. The number of aromatic nitrogens is 2. The van der Waals surface area contributed by atoms with E-state index >= 15 is 0 Å². The predicted molar refractivity (Wildman–Crippen MR) is 124 cm³/mol. The Labute approximate surface area is 188 Å². The molecule has 0 aromatic carbocycles. The summed E-state index contributed by atoms with van der Waals surface area (Å²) in [5, 5.41) is 0. The average Bonchev–Trinajstić information content (AvgIpc) is 2.78. The molecule has 166 valence electrons. The molecule has 4 aliphatic rings. The van der Waals surface area contributed by atoms with Crippen molar-refractivity contribution in [3.63, 3.8) is 0 Å². The third-order valence-corrected chi connectivity index (χ3v) is 7.84. The molecule has 6 rings (SSSR count). The maximum atomic E-state index is 12.2. The van der Waals surface area contributed by atoms with Crippen LogP contribution in [0.3, 0.4) is 0 Å². The second-order valence-electron chi connectivity index (χ2n) is 10.1. The molecule has 4 aliphatic heterocycles. The zero-order chi connectivity index (χ0) is 21.7. The highest BCUT2D eigenvalue weighted by Crippen LogP contribution is 2.35. The summed E-state index contributed by atoms with van der Waals surface area (Å²) in [6, 6.07) is 11.4. The summed E-state index contributed by atoms with van der Waals surface area (Å²) in [6.45, 7) is 7.36. The van der Waals surface area contributed by atoms with Crippen molar-refractivity contribution in [2.75, 3.05) is 39.3 Å². The first-order valence-corrected chi connectivity index (χ1v) is 11.9. The molecule has 2 fully saturated rings. The van der Waals surface area contributed by atoms with Crippen LogP contribution in [0.4, 0.5) is 0 Å². The summed E-state index contributed by atoms with van der Waals surface area (Å²) in [5.74, 6) is 8.86. The lowest BCUT2D eigenvalue weighted by Crippen LogP contribution is -2.47. The van der Waals surface area contributed by atoms with Gasteiger partial charge in [-0.25, -0.2) is 0 Å². The Morgan fingerprint density at radius 3 is 1.59 bits per heavy atom. The number of nitrogens with zero attached hydrogens (tertiary/aromatic N) is 4. The number of pyridine rings is 2. The zero-order valence-corrected chi connectivity index (χ0v) is 18.4. The monoisotopic (exact) mass is 430 g/mol. The van der Waals surface area contributed by atoms with E-state index in [0.717, 1.165) is 52.4 Å². The van der Waals surface area contributed by atoms with Gasteiger partial charge in [0.15, 0.2) is 0 Å². The van der Waals surface area contributed by atoms with E-state index in [4.69, 9.17) is 0 Å². The SMILES string of the molecule is O=c1cccc2n1C[C@H]1C[C@@H]2CN(CC#CCN2C[C@@H]3C[C@H](C2)c2cccc(=O)n2C3)C1. The lowest BCUT2D eigenvalue weighted by Gasteiger charge is -2.42. The standard InChI is InChI=1S/C26H30N4O2/c31-25-7-3-5-23-21-11-19(15-29(23)25)13-27(17-21)9-1-2-10-28-14-20-12-22(18-28)24-6-4-8-26(32)30(24)16-20/h3-8,19-22H,9-18H2/t19-,20-,21+,22+/m0/s1. The first-order valence-electron chi connectivity index (χ1n) is 11.9. The van der Waals surface area contributed by atoms with Crippen LogP contribution in [0.1, 0.15) is 36.1 Å². The van der Waals surface area contributed by atoms with Crippen molar-refractivity contribution < 1.29 is 0 Å². The topological polar surface area (TPSA) is 50.5 Å². The minimum absolute atomic E-state index is 0.143. The van der Waals surface area contributed by atoms with Gasteiger partial charge in [0.05, 0.1) is 13.1 Å². The summed E-state index contributed by atoms with van der Waals surface area (Å²) < 4.78 is 3.97. The molecule has 6 heteroatoms. The fourth-order valence-electron chi connectivity index (χ4n) is 6.58. The van der Waals surface area contributed by atoms with E-state index < -0.39 is 0 Å². The first-order chi connectivity index (χ1) is 15.6. The van der Waals surface area contributed by atoms with Crippen LogP contribution in [0, 0.1) is 23.7 Å². The first kappa shape index (κ1) is 20.0. The third-order valence-electron chi connectivity index (χ3n) is 7.84. The number of piperidine rings is 2. The summed E-state index contributed by atoms with van der Waals surface area (Å²) >= 11 is 0. The Balaban J connectivity index is 1.07. The number of likely N-dealkylation sites (tertiary alicyclic amines) is 2. The van der Waals surface area contributed by atoms with Gasteiger partial charge in [0, 0.05) is 74.6 Å². The molecular formula is C26H30N4O2. The highest BCUT2D eigenvalue weighted by atomic mass is 16.1. The van der Waals surface area contributed by atoms with Crippen molar-refractivity contribution in [3.05, 3.63) is 68.5 Å². The fourth-order valence-corrected chi connectivity index (χ4v) is 6.58. The van der Waals surface area contributed by atoms with Crippen molar-refractivity contribution in [1.29, 1.82) is 0 Å². The summed E-state index contributed by atoms with van der Waals surface area (Å²) in [5.41, 5.74) is 2.68. The van der Waals surface area contributed by atoms with Gasteiger partial charge < -0.3 is 9.13 Å². The molecule has 0 amide bonds. The van der Waals surface area contributed by atoms with Crippen LogP contribution in [-0.4, -0.2) is 58.2 Å². The van der Waals surface area contributed by atoms with E-state index in [1.807, 2.05) is 21.3 Å². The van der Waals surface area contributed by atoms with Gasteiger partial charge in [-0.2, -0.15) is 0 Å². The Morgan fingerprint density at radius 2 is 1.12 bits per heavy atom. The largest absolute Gasteiger partial charge is 0.312 e. The minimum Gasteiger partial charge on any atom is -0.312 e. The van der Waals surface area contributed by atoms with E-state index in [-0.39, 0.29) is 11.1 Å². The highest BCUT2D eigenvalue weighted by Gasteiger charge is 2.35. The van der Waals surface area contributed by atoms with Crippen LogP contribution in [-0.2, 0) is 13.1 Å². The molecule has 4 atom stereocenters. The van der Waals surface area contributed by atoms with E-state index in [9.17, 15) is 9.59 Å². The Bertz CT molecular complexity index is 1110. The van der Waals surface area contributed by atoms with Gasteiger partial charge in [0.2, 0.25) is 0 Å². The molecule has 2 aromatic heterocycles. The molecule has 2 aromatic rings. The van der Waals surface area contributed by atoms with Gasteiger partial charge in [-0.1, -0.05) is 24.0 Å². The van der Waals surface area contributed by atoms with Crippen LogP contribution in [0.2, 0.25) is 0 Å². The fraction of sp³-hybridized carbons (Fsp3) is 0.538. The average molecular weight is 431 g/mol. The molecular weight excluding hydrogens is 400 g/mol. The molecule has 0 unspecified atom stereocenters. The van der Waals surface area contributed by atoms with Crippen molar-refractivity contribution >= 4 is 0 Å². The number of hydrogen-bond acceptors (Lipinski definition) is 4. The van der Waals surface area contributed by atoms with Gasteiger partial charge >= 0.3 is 0 Å². The number of fused-ring (bicyclic) bond motifs is 8. The Kier molecular flexibility index (Phi) is 5.04. The maximum absolute atomic E-state index is 12.2. The zero-order valence-electron chi connectivity index (χ0n) is 18.4. The molecule has 2 saturated heterocycles. The molecule has 0 saturated carbocycles. The van der Waals surface area contributed by atoms with E-state index in [2.05, 4.69) is 33.8 Å². The second-order valence-corrected chi connectivity index (χ2v) is 10.1. The Hall–Kier alpha value is -2.62. The molecule has 6 heterocycles. The Morgan fingerprint density at radius 1 is 0.656 bits per heavy atom. The van der Waals surface area contributed by atoms with Crippen molar-refractivity contribution in [1.82, 2.24) is 18.9 Å². The van der Waals surface area contributed by atoms with Gasteiger partial charge in [0.1, 0.15) is 0 Å². The van der Waals surface area contributed by atoms with Crippen LogP contribution >= 0.6 is 0 Å².